The number of likely N-dealkylation sites (N-methyl/N-ethyl adjacent to an activating group) is 1. The molecule has 0 radical (unpaired) electrons. The van der Waals surface area contributed by atoms with Crippen molar-refractivity contribution in [3.05, 3.63) is 38.4 Å². The van der Waals surface area contributed by atoms with E-state index in [0.29, 0.717) is 25.6 Å². The average molecular weight is 389 g/mol. The van der Waals surface area contributed by atoms with Crippen molar-refractivity contribution in [2.24, 2.45) is 0 Å². The number of carbonyl (C=O) groups excluding carboxylic acids is 1. The highest BCUT2D eigenvalue weighted by atomic mass is 79.9. The highest BCUT2D eigenvalue weighted by Crippen LogP contribution is 2.37. The first-order valence-electron chi connectivity index (χ1n) is 5.56. The van der Waals surface area contributed by atoms with Gasteiger partial charge in [-0.05, 0) is 18.2 Å². The van der Waals surface area contributed by atoms with Crippen molar-refractivity contribution in [3.8, 4) is 0 Å². The van der Waals surface area contributed by atoms with Crippen LogP contribution in [-0.2, 0) is 4.79 Å². The fourth-order valence-corrected chi connectivity index (χ4v) is 3.57. The first kappa shape index (κ1) is 14.1. The number of hydrogen-bond acceptors (Lipinski definition) is 4. The number of hydrogen-bond donors (Lipinski definition) is 0. The summed E-state index contributed by atoms with van der Waals surface area (Å²) < 4.78 is 7.12. The number of halogens is 2. The van der Waals surface area contributed by atoms with Crippen molar-refractivity contribution in [2.45, 2.75) is 0 Å². The lowest BCUT2D eigenvalue weighted by atomic mass is 10.2. The van der Waals surface area contributed by atoms with E-state index in [4.69, 9.17) is 28.2 Å². The Balaban J connectivity index is 2.10. The standard InChI is InChI=1S/C13H7BrClNO2S2/c1-16-12(17)10(20-13(16)19)5-9-11(15)7-4-6(14)2-3-8(7)18-9/h2-5H,1H3. The molecule has 0 aliphatic carbocycles. The highest BCUT2D eigenvalue weighted by molar-refractivity contribution is 9.10. The van der Waals surface area contributed by atoms with Gasteiger partial charge in [-0.15, -0.1) is 0 Å². The molecule has 1 fully saturated rings. The van der Waals surface area contributed by atoms with Crippen LogP contribution in [0.25, 0.3) is 17.0 Å². The van der Waals surface area contributed by atoms with E-state index in [1.54, 1.807) is 13.1 Å². The zero-order valence-electron chi connectivity index (χ0n) is 10.1. The SMILES string of the molecule is CN1C(=O)C(=Cc2oc3ccc(Br)cc3c2Cl)SC1=S. The number of benzene rings is 1. The number of rotatable bonds is 1. The summed E-state index contributed by atoms with van der Waals surface area (Å²) >= 11 is 16.0. The van der Waals surface area contributed by atoms with Gasteiger partial charge in [0.15, 0.2) is 0 Å². The van der Waals surface area contributed by atoms with Crippen LogP contribution in [0.4, 0.5) is 0 Å². The third-order valence-corrected chi connectivity index (χ3v) is 5.23. The number of thiocarbonyl (C=S) groups is 1. The number of thioether (sulfide) groups is 1. The summed E-state index contributed by atoms with van der Waals surface area (Å²) in [7, 11) is 1.65. The van der Waals surface area contributed by atoms with Crippen LogP contribution in [0, 0.1) is 0 Å². The van der Waals surface area contributed by atoms with Gasteiger partial charge in [0.1, 0.15) is 15.7 Å². The molecule has 0 saturated carbocycles. The largest absolute Gasteiger partial charge is 0.455 e. The Morgan fingerprint density at radius 2 is 2.25 bits per heavy atom. The van der Waals surface area contributed by atoms with Crippen LogP contribution in [0.3, 0.4) is 0 Å². The fourth-order valence-electron chi connectivity index (χ4n) is 1.82. The van der Waals surface area contributed by atoms with Gasteiger partial charge >= 0.3 is 0 Å². The first-order valence-corrected chi connectivity index (χ1v) is 7.96. The Morgan fingerprint density at radius 1 is 1.50 bits per heavy atom. The minimum Gasteiger partial charge on any atom is -0.455 e. The average Bonchev–Trinajstić information content (AvgIpc) is 2.84. The molecule has 3 rings (SSSR count). The van der Waals surface area contributed by atoms with E-state index >= 15 is 0 Å². The number of furan rings is 1. The van der Waals surface area contributed by atoms with Gasteiger partial charge in [-0.2, -0.15) is 0 Å². The van der Waals surface area contributed by atoms with Gasteiger partial charge in [-0.1, -0.05) is 51.5 Å². The topological polar surface area (TPSA) is 33.5 Å². The number of nitrogens with zero attached hydrogens (tertiary/aromatic N) is 1. The molecule has 20 heavy (non-hydrogen) atoms. The van der Waals surface area contributed by atoms with Crippen LogP contribution in [-0.4, -0.2) is 22.2 Å². The summed E-state index contributed by atoms with van der Waals surface area (Å²) in [4.78, 5) is 13.9. The molecular weight excluding hydrogens is 382 g/mol. The van der Waals surface area contributed by atoms with E-state index in [2.05, 4.69) is 15.9 Å². The highest BCUT2D eigenvalue weighted by Gasteiger charge is 2.29. The van der Waals surface area contributed by atoms with Crippen LogP contribution in [0.2, 0.25) is 5.02 Å². The van der Waals surface area contributed by atoms with Crippen LogP contribution in [0.1, 0.15) is 5.76 Å². The third-order valence-electron chi connectivity index (χ3n) is 2.86. The molecule has 1 amide bonds. The van der Waals surface area contributed by atoms with Crippen molar-refractivity contribution < 1.29 is 9.21 Å². The smallest absolute Gasteiger partial charge is 0.266 e. The molecule has 102 valence electrons. The molecule has 7 heteroatoms. The predicted octanol–water partition coefficient (Wildman–Crippen LogP) is 4.68. The van der Waals surface area contributed by atoms with Crippen LogP contribution < -0.4 is 0 Å². The molecule has 1 aliphatic heterocycles. The zero-order valence-corrected chi connectivity index (χ0v) is 14.1. The maximum absolute atomic E-state index is 12.0. The summed E-state index contributed by atoms with van der Waals surface area (Å²) in [5, 5.41) is 1.29. The molecule has 2 heterocycles. The lowest BCUT2D eigenvalue weighted by molar-refractivity contribution is -0.121. The predicted molar refractivity (Wildman–Crippen MR) is 89.9 cm³/mol. The van der Waals surface area contributed by atoms with Crippen LogP contribution >= 0.6 is 51.5 Å². The van der Waals surface area contributed by atoms with E-state index in [0.717, 1.165) is 9.86 Å². The minimum absolute atomic E-state index is 0.141. The first-order chi connectivity index (χ1) is 9.47. The molecule has 1 aromatic heterocycles. The monoisotopic (exact) mass is 387 g/mol. The van der Waals surface area contributed by atoms with Gasteiger partial charge in [0, 0.05) is 23.0 Å². The Kier molecular flexibility index (Phi) is 3.66. The molecule has 1 aromatic carbocycles. The lowest BCUT2D eigenvalue weighted by Crippen LogP contribution is -2.22. The second-order valence-electron chi connectivity index (χ2n) is 4.16. The van der Waals surface area contributed by atoms with Gasteiger partial charge in [-0.3, -0.25) is 9.69 Å². The van der Waals surface area contributed by atoms with Crippen molar-refractivity contribution >= 4 is 78.8 Å². The second-order valence-corrected chi connectivity index (χ2v) is 7.13. The van der Waals surface area contributed by atoms with Crippen LogP contribution in [0.15, 0.2) is 32.0 Å². The Bertz CT molecular complexity index is 784. The molecule has 0 atom stereocenters. The lowest BCUT2D eigenvalue weighted by Gasteiger charge is -2.03. The van der Waals surface area contributed by atoms with Crippen molar-refractivity contribution in [2.75, 3.05) is 7.05 Å². The fraction of sp³-hybridized carbons (Fsp3) is 0.0769. The normalized spacial score (nSPS) is 17.8. The quantitative estimate of drug-likeness (QED) is 0.524. The molecule has 2 aromatic rings. The number of amides is 1. The number of fused-ring (bicyclic) bond motifs is 1. The maximum atomic E-state index is 12.0. The van der Waals surface area contributed by atoms with E-state index in [1.165, 1.54) is 16.7 Å². The summed E-state index contributed by atoms with van der Waals surface area (Å²) in [5.41, 5.74) is 0.677. The van der Waals surface area contributed by atoms with E-state index in [-0.39, 0.29) is 5.91 Å². The van der Waals surface area contributed by atoms with Gasteiger partial charge in [-0.25, -0.2) is 0 Å². The molecule has 0 bridgehead atoms. The van der Waals surface area contributed by atoms with E-state index in [9.17, 15) is 4.79 Å². The van der Waals surface area contributed by atoms with Crippen molar-refractivity contribution in [3.63, 3.8) is 0 Å². The Morgan fingerprint density at radius 3 is 2.90 bits per heavy atom. The molecule has 0 spiro atoms. The van der Waals surface area contributed by atoms with E-state index < -0.39 is 0 Å². The van der Waals surface area contributed by atoms with Gasteiger partial charge in [0.05, 0.1) is 9.93 Å². The summed E-state index contributed by atoms with van der Waals surface area (Å²) in [6, 6.07) is 5.58. The summed E-state index contributed by atoms with van der Waals surface area (Å²) in [5.74, 6) is 0.325. The zero-order chi connectivity index (χ0) is 14.4. The molecule has 1 aliphatic rings. The summed E-state index contributed by atoms with van der Waals surface area (Å²) in [6.07, 6.45) is 1.64. The van der Waals surface area contributed by atoms with Gasteiger partial charge in [0.2, 0.25) is 0 Å². The number of carbonyl (C=O) groups is 1. The second kappa shape index (κ2) is 5.18. The molecule has 0 unspecified atom stereocenters. The maximum Gasteiger partial charge on any atom is 0.266 e. The van der Waals surface area contributed by atoms with Crippen molar-refractivity contribution in [1.29, 1.82) is 0 Å². The Hall–Kier alpha value is -0.820. The van der Waals surface area contributed by atoms with E-state index in [1.807, 2.05) is 18.2 Å². The molecule has 0 N–H and O–H groups in total. The molecular formula is C13H7BrClNO2S2. The van der Waals surface area contributed by atoms with Gasteiger partial charge in [0.25, 0.3) is 5.91 Å². The Labute approximate surface area is 138 Å². The van der Waals surface area contributed by atoms with Crippen LogP contribution in [0.5, 0.6) is 0 Å². The minimum atomic E-state index is -0.141. The van der Waals surface area contributed by atoms with Crippen molar-refractivity contribution in [1.82, 2.24) is 4.90 Å². The van der Waals surface area contributed by atoms with Gasteiger partial charge < -0.3 is 4.42 Å². The molecule has 3 nitrogen and oxygen atoms in total. The third kappa shape index (κ3) is 2.30. The molecule has 1 saturated heterocycles. The summed E-state index contributed by atoms with van der Waals surface area (Å²) in [6.45, 7) is 0.